The van der Waals surface area contributed by atoms with Crippen LogP contribution in [0.5, 0.6) is 5.75 Å². The van der Waals surface area contributed by atoms with Gasteiger partial charge in [0.05, 0.1) is 11.6 Å². The second-order valence-electron chi connectivity index (χ2n) is 4.64. The minimum absolute atomic E-state index is 0.00145. The van der Waals surface area contributed by atoms with Crippen molar-refractivity contribution in [3.8, 4) is 5.75 Å². The van der Waals surface area contributed by atoms with Gasteiger partial charge < -0.3 is 9.64 Å². The van der Waals surface area contributed by atoms with E-state index in [2.05, 4.69) is 15.9 Å². The highest BCUT2D eigenvalue weighted by Crippen LogP contribution is 2.31. The average molecular weight is 347 g/mol. The fraction of sp³-hybridized carbons (Fsp3) is 0.500. The van der Waals surface area contributed by atoms with Crippen LogP contribution in [0.25, 0.3) is 0 Å². The fourth-order valence-corrected chi connectivity index (χ4v) is 3.09. The van der Waals surface area contributed by atoms with E-state index in [9.17, 15) is 4.79 Å². The van der Waals surface area contributed by atoms with Crippen molar-refractivity contribution < 1.29 is 9.53 Å². The molecular formula is C14H17BrClNO2. The van der Waals surface area contributed by atoms with Gasteiger partial charge in [-0.2, -0.15) is 0 Å². The Morgan fingerprint density at radius 1 is 1.37 bits per heavy atom. The summed E-state index contributed by atoms with van der Waals surface area (Å²) in [5.74, 6) is 0.733. The van der Waals surface area contributed by atoms with E-state index in [0.717, 1.165) is 41.7 Å². The van der Waals surface area contributed by atoms with Crippen molar-refractivity contribution in [3.63, 3.8) is 0 Å². The molecule has 0 bridgehead atoms. The molecule has 1 aromatic carbocycles. The first-order chi connectivity index (χ1) is 9.13. The standard InChI is InChI=1S/C14H17BrClNO2/c1-19-12-6-5-10(9-11(12)15)13(16)14(18)17-7-3-2-4-8-17/h5-6,9,13H,2-4,7-8H2,1H3. The molecule has 104 valence electrons. The molecule has 5 heteroatoms. The Morgan fingerprint density at radius 2 is 2.05 bits per heavy atom. The summed E-state index contributed by atoms with van der Waals surface area (Å²) in [5, 5.41) is -0.625. The third-order valence-corrected chi connectivity index (χ3v) is 4.41. The average Bonchev–Trinajstić information content (AvgIpc) is 2.46. The van der Waals surface area contributed by atoms with Crippen LogP contribution in [0.2, 0.25) is 0 Å². The number of rotatable bonds is 3. The highest BCUT2D eigenvalue weighted by molar-refractivity contribution is 9.10. The van der Waals surface area contributed by atoms with Crippen molar-refractivity contribution in [3.05, 3.63) is 28.2 Å². The molecule has 1 aliphatic heterocycles. The monoisotopic (exact) mass is 345 g/mol. The smallest absolute Gasteiger partial charge is 0.245 e. The molecule has 1 aliphatic rings. The lowest BCUT2D eigenvalue weighted by molar-refractivity contribution is -0.131. The van der Waals surface area contributed by atoms with Gasteiger partial charge in [-0.1, -0.05) is 6.07 Å². The number of ether oxygens (including phenoxy) is 1. The number of nitrogens with zero attached hydrogens (tertiary/aromatic N) is 1. The van der Waals surface area contributed by atoms with Crippen LogP contribution in [0.3, 0.4) is 0 Å². The van der Waals surface area contributed by atoms with Crippen molar-refractivity contribution in [2.45, 2.75) is 24.6 Å². The van der Waals surface area contributed by atoms with Gasteiger partial charge in [-0.3, -0.25) is 4.79 Å². The molecule has 19 heavy (non-hydrogen) atoms. The van der Waals surface area contributed by atoms with Crippen LogP contribution >= 0.6 is 27.5 Å². The lowest BCUT2D eigenvalue weighted by Crippen LogP contribution is -2.37. The molecule has 1 saturated heterocycles. The van der Waals surface area contributed by atoms with Crippen LogP contribution < -0.4 is 4.74 Å². The summed E-state index contributed by atoms with van der Waals surface area (Å²) in [7, 11) is 1.61. The molecule has 1 heterocycles. The number of amides is 1. The number of alkyl halides is 1. The summed E-state index contributed by atoms with van der Waals surface area (Å²) >= 11 is 9.72. The maximum absolute atomic E-state index is 12.3. The van der Waals surface area contributed by atoms with Gasteiger partial charge in [-0.25, -0.2) is 0 Å². The van der Waals surface area contributed by atoms with Crippen LogP contribution in [0.15, 0.2) is 22.7 Å². The summed E-state index contributed by atoms with van der Waals surface area (Å²) in [6.07, 6.45) is 3.34. The van der Waals surface area contributed by atoms with E-state index in [4.69, 9.17) is 16.3 Å². The first-order valence-corrected chi connectivity index (χ1v) is 7.62. The number of benzene rings is 1. The van der Waals surface area contributed by atoms with Crippen molar-refractivity contribution in [1.29, 1.82) is 0 Å². The van der Waals surface area contributed by atoms with Gasteiger partial charge in [0, 0.05) is 13.1 Å². The second kappa shape index (κ2) is 6.62. The first-order valence-electron chi connectivity index (χ1n) is 6.40. The predicted molar refractivity (Wildman–Crippen MR) is 79.7 cm³/mol. The predicted octanol–water partition coefficient (Wildman–Crippen LogP) is 3.75. The summed E-state index contributed by atoms with van der Waals surface area (Å²) < 4.78 is 5.98. The summed E-state index contributed by atoms with van der Waals surface area (Å²) in [6.45, 7) is 1.64. The van der Waals surface area contributed by atoms with E-state index in [1.807, 2.05) is 23.1 Å². The molecule has 0 spiro atoms. The zero-order valence-corrected chi connectivity index (χ0v) is 13.2. The van der Waals surface area contributed by atoms with Gasteiger partial charge in [-0.05, 0) is 52.9 Å². The van der Waals surface area contributed by atoms with Crippen LogP contribution in [0.4, 0.5) is 0 Å². The molecule has 1 aromatic rings. The minimum Gasteiger partial charge on any atom is -0.496 e. The van der Waals surface area contributed by atoms with E-state index in [-0.39, 0.29) is 5.91 Å². The quantitative estimate of drug-likeness (QED) is 0.780. The normalized spacial score (nSPS) is 17.1. The SMILES string of the molecule is COc1ccc(C(Cl)C(=O)N2CCCCC2)cc1Br. The van der Waals surface area contributed by atoms with E-state index in [1.165, 1.54) is 6.42 Å². The fourth-order valence-electron chi connectivity index (χ4n) is 2.26. The van der Waals surface area contributed by atoms with Crippen molar-refractivity contribution >= 4 is 33.4 Å². The number of methoxy groups -OCH3 is 1. The van der Waals surface area contributed by atoms with Crippen LogP contribution in [0, 0.1) is 0 Å². The molecule has 0 N–H and O–H groups in total. The lowest BCUT2D eigenvalue weighted by atomic mass is 10.1. The van der Waals surface area contributed by atoms with E-state index >= 15 is 0 Å². The molecule has 0 saturated carbocycles. The van der Waals surface area contributed by atoms with E-state index < -0.39 is 5.38 Å². The van der Waals surface area contributed by atoms with Gasteiger partial charge >= 0.3 is 0 Å². The third kappa shape index (κ3) is 3.42. The van der Waals surface area contributed by atoms with Crippen LogP contribution in [-0.4, -0.2) is 31.0 Å². The number of carbonyl (C=O) groups is 1. The Labute approximate surface area is 127 Å². The largest absolute Gasteiger partial charge is 0.496 e. The van der Waals surface area contributed by atoms with Crippen molar-refractivity contribution in [2.24, 2.45) is 0 Å². The number of hydrogen-bond acceptors (Lipinski definition) is 2. The Balaban J connectivity index is 2.11. The van der Waals surface area contributed by atoms with Crippen molar-refractivity contribution in [2.75, 3.05) is 20.2 Å². The molecule has 1 amide bonds. The summed E-state index contributed by atoms with van der Waals surface area (Å²) in [6, 6.07) is 5.50. The Hall–Kier alpha value is -0.740. The molecule has 1 fully saturated rings. The van der Waals surface area contributed by atoms with Gasteiger partial charge in [-0.15, -0.1) is 11.6 Å². The van der Waals surface area contributed by atoms with E-state index in [1.54, 1.807) is 7.11 Å². The first kappa shape index (κ1) is 14.7. The maximum atomic E-state index is 12.3. The summed E-state index contributed by atoms with van der Waals surface area (Å²) in [5.41, 5.74) is 0.796. The van der Waals surface area contributed by atoms with Gasteiger partial charge in [0.25, 0.3) is 0 Å². The van der Waals surface area contributed by atoms with Crippen molar-refractivity contribution in [1.82, 2.24) is 4.90 Å². The number of likely N-dealkylation sites (tertiary alicyclic amines) is 1. The molecule has 0 radical (unpaired) electrons. The maximum Gasteiger partial charge on any atom is 0.245 e. The molecule has 0 aromatic heterocycles. The topological polar surface area (TPSA) is 29.5 Å². The molecule has 1 unspecified atom stereocenters. The Kier molecular flexibility index (Phi) is 5.11. The van der Waals surface area contributed by atoms with Crippen LogP contribution in [0.1, 0.15) is 30.2 Å². The number of hydrogen-bond donors (Lipinski definition) is 0. The number of halogens is 2. The highest BCUT2D eigenvalue weighted by atomic mass is 79.9. The molecule has 0 aliphatic carbocycles. The molecule has 3 nitrogen and oxygen atoms in total. The molecular weight excluding hydrogens is 330 g/mol. The van der Waals surface area contributed by atoms with Gasteiger partial charge in [0.15, 0.2) is 0 Å². The van der Waals surface area contributed by atoms with Crippen LogP contribution in [-0.2, 0) is 4.79 Å². The highest BCUT2D eigenvalue weighted by Gasteiger charge is 2.25. The third-order valence-electron chi connectivity index (χ3n) is 3.35. The zero-order valence-electron chi connectivity index (χ0n) is 10.9. The Bertz CT molecular complexity index is 461. The zero-order chi connectivity index (χ0) is 13.8. The lowest BCUT2D eigenvalue weighted by Gasteiger charge is -2.28. The molecule has 2 rings (SSSR count). The van der Waals surface area contributed by atoms with E-state index in [0.29, 0.717) is 0 Å². The molecule has 1 atom stereocenters. The van der Waals surface area contributed by atoms with Gasteiger partial charge in [0.1, 0.15) is 11.1 Å². The second-order valence-corrected chi connectivity index (χ2v) is 5.93. The summed E-state index contributed by atoms with van der Waals surface area (Å²) in [4.78, 5) is 14.2. The Morgan fingerprint density at radius 3 is 2.63 bits per heavy atom. The minimum atomic E-state index is -0.625. The number of piperidine rings is 1. The number of carbonyl (C=O) groups excluding carboxylic acids is 1. The van der Waals surface area contributed by atoms with Gasteiger partial charge in [0.2, 0.25) is 5.91 Å².